The minimum Gasteiger partial charge on any atom is -0.490 e. The van der Waals surface area contributed by atoms with E-state index < -0.39 is 21.3 Å². The summed E-state index contributed by atoms with van der Waals surface area (Å²) in [5.41, 5.74) is 0.537. The number of anilines is 2. The maximum absolute atomic E-state index is 13.3. The number of fused-ring (bicyclic) bond motifs is 1. The summed E-state index contributed by atoms with van der Waals surface area (Å²) in [5, 5.41) is 0. The minimum atomic E-state index is -3.74. The monoisotopic (exact) mass is 392 g/mol. The van der Waals surface area contributed by atoms with Gasteiger partial charge >= 0.3 is 0 Å². The molecule has 0 spiro atoms. The van der Waals surface area contributed by atoms with E-state index in [1.54, 1.807) is 45.2 Å². The first-order chi connectivity index (χ1) is 12.6. The molecule has 1 heterocycles. The second-order valence-electron chi connectivity index (χ2n) is 7.21. The molecule has 8 heteroatoms. The number of hydrogen-bond donors (Lipinski definition) is 1. The van der Waals surface area contributed by atoms with Crippen LogP contribution in [-0.2, 0) is 20.6 Å². The first-order valence-corrected chi connectivity index (χ1v) is 10.0. The molecule has 0 aromatic heterocycles. The zero-order valence-corrected chi connectivity index (χ0v) is 16.1. The Morgan fingerprint density at radius 1 is 1.22 bits per heavy atom. The highest BCUT2D eigenvalue weighted by Gasteiger charge is 2.36. The van der Waals surface area contributed by atoms with E-state index in [0.29, 0.717) is 22.7 Å². The van der Waals surface area contributed by atoms with Crippen molar-refractivity contribution in [3.8, 4) is 5.75 Å². The van der Waals surface area contributed by atoms with Gasteiger partial charge < -0.3 is 9.64 Å². The van der Waals surface area contributed by atoms with E-state index in [2.05, 4.69) is 4.72 Å². The van der Waals surface area contributed by atoms with Gasteiger partial charge in [-0.15, -0.1) is 0 Å². The number of nitrogens with zero attached hydrogens (tertiary/aromatic N) is 1. The molecule has 0 radical (unpaired) electrons. The summed E-state index contributed by atoms with van der Waals surface area (Å²) in [4.78, 5) is 14.0. The van der Waals surface area contributed by atoms with Crippen LogP contribution in [0.5, 0.6) is 5.75 Å². The zero-order chi connectivity index (χ0) is 19.8. The van der Waals surface area contributed by atoms with Crippen molar-refractivity contribution >= 4 is 27.3 Å². The molecule has 2 aromatic rings. The topological polar surface area (TPSA) is 75.7 Å². The van der Waals surface area contributed by atoms with Crippen LogP contribution in [-0.4, -0.2) is 28.0 Å². The minimum absolute atomic E-state index is 0.0827. The number of sulfonamides is 1. The Kier molecular flexibility index (Phi) is 4.86. The predicted octanol–water partition coefficient (Wildman–Crippen LogP) is 3.15. The lowest BCUT2D eigenvalue weighted by Gasteiger charge is -2.24. The van der Waals surface area contributed by atoms with E-state index in [-0.39, 0.29) is 18.3 Å². The molecule has 0 fully saturated rings. The van der Waals surface area contributed by atoms with Gasteiger partial charge in [-0.1, -0.05) is 12.1 Å². The first kappa shape index (κ1) is 19.2. The third-order valence-corrected chi connectivity index (χ3v) is 5.57. The molecule has 144 valence electrons. The van der Waals surface area contributed by atoms with Gasteiger partial charge in [0.05, 0.1) is 22.5 Å². The molecule has 1 aliphatic heterocycles. The Labute approximate surface area is 158 Å². The van der Waals surface area contributed by atoms with E-state index in [9.17, 15) is 17.6 Å². The van der Waals surface area contributed by atoms with E-state index in [4.69, 9.17) is 4.74 Å². The second kappa shape index (κ2) is 6.84. The number of nitrogens with one attached hydrogen (secondary N) is 1. The summed E-state index contributed by atoms with van der Waals surface area (Å²) in [5.74, 6) is -0.506. The highest BCUT2D eigenvalue weighted by molar-refractivity contribution is 7.91. The number of ether oxygens (including phenoxy) is 1. The smallest absolute Gasteiger partial charge is 0.236 e. The van der Waals surface area contributed by atoms with E-state index in [1.807, 2.05) is 0 Å². The molecule has 0 aliphatic carbocycles. The Balaban J connectivity index is 1.83. The Morgan fingerprint density at radius 2 is 1.96 bits per heavy atom. The fraction of sp³-hybridized carbons (Fsp3) is 0.316. The molecule has 1 amide bonds. The van der Waals surface area contributed by atoms with E-state index >= 15 is 0 Å². The van der Waals surface area contributed by atoms with Crippen LogP contribution in [0.25, 0.3) is 0 Å². The fourth-order valence-electron chi connectivity index (χ4n) is 2.92. The molecule has 0 atom stereocenters. The number of hydrogen-bond acceptors (Lipinski definition) is 4. The molecule has 3 rings (SSSR count). The van der Waals surface area contributed by atoms with E-state index in [1.165, 1.54) is 23.1 Å². The van der Waals surface area contributed by atoms with Crippen molar-refractivity contribution in [2.24, 2.45) is 5.41 Å². The van der Waals surface area contributed by atoms with Gasteiger partial charge in [0.15, 0.2) is 0 Å². The van der Waals surface area contributed by atoms with E-state index in [0.717, 1.165) is 0 Å². The lowest BCUT2D eigenvalue weighted by molar-refractivity contribution is -0.127. The van der Waals surface area contributed by atoms with Gasteiger partial charge in [-0.25, -0.2) is 12.8 Å². The van der Waals surface area contributed by atoms with Crippen LogP contribution in [0.4, 0.5) is 15.8 Å². The molecule has 1 aliphatic rings. The average Bonchev–Trinajstić information content (AvgIpc) is 2.65. The van der Waals surface area contributed by atoms with Crippen molar-refractivity contribution in [1.82, 2.24) is 0 Å². The number of rotatable bonds is 4. The summed E-state index contributed by atoms with van der Waals surface area (Å²) in [6, 6.07) is 10.2. The zero-order valence-electron chi connectivity index (χ0n) is 15.3. The third-order valence-electron chi connectivity index (χ3n) is 4.31. The number of benzene rings is 2. The highest BCUT2D eigenvalue weighted by Crippen LogP contribution is 2.37. The van der Waals surface area contributed by atoms with Crippen molar-refractivity contribution < 1.29 is 22.3 Å². The normalized spacial score (nSPS) is 16.3. The lowest BCUT2D eigenvalue weighted by Crippen LogP contribution is -2.39. The second-order valence-corrected chi connectivity index (χ2v) is 8.93. The molecule has 0 saturated carbocycles. The molecule has 6 nitrogen and oxygen atoms in total. The van der Waals surface area contributed by atoms with Gasteiger partial charge in [0.25, 0.3) is 0 Å². The summed E-state index contributed by atoms with van der Waals surface area (Å²) in [7, 11) is -2.08. The van der Waals surface area contributed by atoms with Crippen LogP contribution >= 0.6 is 0 Å². The summed E-state index contributed by atoms with van der Waals surface area (Å²) in [6.07, 6.45) is 0. The number of carbonyl (C=O) groups is 1. The molecule has 0 saturated heterocycles. The maximum atomic E-state index is 13.3. The van der Waals surface area contributed by atoms with Crippen molar-refractivity contribution in [2.45, 2.75) is 19.6 Å². The molecule has 2 aromatic carbocycles. The van der Waals surface area contributed by atoms with Crippen LogP contribution in [0.1, 0.15) is 19.4 Å². The lowest BCUT2D eigenvalue weighted by atomic mass is 9.93. The van der Waals surface area contributed by atoms with Gasteiger partial charge in [-0.05, 0) is 43.7 Å². The number of amides is 1. The number of carbonyl (C=O) groups excluding carboxylic acids is 1. The molecule has 0 unspecified atom stereocenters. The Hall–Kier alpha value is -2.61. The Bertz CT molecular complexity index is 989. The largest absolute Gasteiger partial charge is 0.490 e. The van der Waals surface area contributed by atoms with Crippen LogP contribution in [0.15, 0.2) is 42.5 Å². The molecule has 1 N–H and O–H groups in total. The highest BCUT2D eigenvalue weighted by atomic mass is 32.2. The van der Waals surface area contributed by atoms with Crippen LogP contribution in [0, 0.1) is 11.2 Å². The average molecular weight is 392 g/mol. The van der Waals surface area contributed by atoms with Gasteiger partial charge in [0.2, 0.25) is 15.9 Å². The van der Waals surface area contributed by atoms with Crippen molar-refractivity contribution in [3.63, 3.8) is 0 Å². The van der Waals surface area contributed by atoms with Crippen LogP contribution < -0.4 is 14.4 Å². The first-order valence-electron chi connectivity index (χ1n) is 8.37. The molecular weight excluding hydrogens is 371 g/mol. The summed E-state index contributed by atoms with van der Waals surface area (Å²) in [6.45, 7) is 3.77. The fourth-order valence-corrected chi connectivity index (χ4v) is 4.09. The van der Waals surface area contributed by atoms with Crippen LogP contribution in [0.2, 0.25) is 0 Å². The van der Waals surface area contributed by atoms with Gasteiger partial charge in [-0.2, -0.15) is 0 Å². The number of halogens is 1. The SMILES string of the molecule is CN1C(=O)C(C)(C)COc2cc(NS(=O)(=O)Cc3cccc(F)c3)ccc21. The predicted molar refractivity (Wildman–Crippen MR) is 102 cm³/mol. The maximum Gasteiger partial charge on any atom is 0.236 e. The molecule has 27 heavy (non-hydrogen) atoms. The van der Waals surface area contributed by atoms with Gasteiger partial charge in [-0.3, -0.25) is 9.52 Å². The van der Waals surface area contributed by atoms with Crippen molar-refractivity contribution in [2.75, 3.05) is 23.3 Å². The summed E-state index contributed by atoms with van der Waals surface area (Å²) >= 11 is 0. The molecule has 0 bridgehead atoms. The van der Waals surface area contributed by atoms with Gasteiger partial charge in [0, 0.05) is 13.1 Å². The third kappa shape index (κ3) is 4.21. The quantitative estimate of drug-likeness (QED) is 0.867. The standard InChI is InChI=1S/C19H21FN2O4S/c1-19(2)12-26-17-10-15(7-8-16(17)22(3)18(19)23)21-27(24,25)11-13-5-4-6-14(20)9-13/h4-10,21H,11-12H2,1-3H3. The van der Waals surface area contributed by atoms with Gasteiger partial charge in [0.1, 0.15) is 18.2 Å². The van der Waals surface area contributed by atoms with Crippen molar-refractivity contribution in [1.29, 1.82) is 0 Å². The Morgan fingerprint density at radius 3 is 2.67 bits per heavy atom. The van der Waals surface area contributed by atoms with Crippen LogP contribution in [0.3, 0.4) is 0 Å². The molecular formula is C19H21FN2O4S. The van der Waals surface area contributed by atoms with Crippen molar-refractivity contribution in [3.05, 3.63) is 53.8 Å². The summed E-state index contributed by atoms with van der Waals surface area (Å²) < 4.78 is 46.3.